The quantitative estimate of drug-likeness (QED) is 0.853. The molecule has 15 heavy (non-hydrogen) atoms. The van der Waals surface area contributed by atoms with Crippen LogP contribution in [0.15, 0.2) is 41.9 Å². The van der Waals surface area contributed by atoms with Gasteiger partial charge in [-0.3, -0.25) is 4.98 Å². The number of hydrogen-bond acceptors (Lipinski definition) is 3. The Morgan fingerprint density at radius 3 is 2.93 bits per heavy atom. The van der Waals surface area contributed by atoms with Crippen molar-refractivity contribution in [3.63, 3.8) is 0 Å². The van der Waals surface area contributed by atoms with Gasteiger partial charge in [0.15, 0.2) is 0 Å². The summed E-state index contributed by atoms with van der Waals surface area (Å²) < 4.78 is 0. The van der Waals surface area contributed by atoms with Crippen molar-refractivity contribution < 1.29 is 0 Å². The smallest absolute Gasteiger partial charge is 0.0541 e. The Morgan fingerprint density at radius 2 is 2.27 bits per heavy atom. The number of nitrogens with one attached hydrogen (secondary N) is 1. The van der Waals surface area contributed by atoms with Crippen molar-refractivity contribution in [1.29, 1.82) is 0 Å². The maximum atomic E-state index is 4.27. The SMILES string of the molecule is C[C@@H](NCc1ccccn1)c1cccs1. The monoisotopic (exact) mass is 218 g/mol. The van der Waals surface area contributed by atoms with Crippen LogP contribution in [-0.2, 0) is 6.54 Å². The molecule has 0 amide bonds. The van der Waals surface area contributed by atoms with Crippen molar-refractivity contribution in [3.05, 3.63) is 52.5 Å². The van der Waals surface area contributed by atoms with Crippen molar-refractivity contribution in [2.24, 2.45) is 0 Å². The second-order valence-corrected chi connectivity index (χ2v) is 4.42. The van der Waals surface area contributed by atoms with Crippen molar-refractivity contribution in [2.45, 2.75) is 19.5 Å². The summed E-state index contributed by atoms with van der Waals surface area (Å²) in [5.74, 6) is 0. The molecule has 0 aromatic carbocycles. The fourth-order valence-electron chi connectivity index (χ4n) is 1.40. The van der Waals surface area contributed by atoms with Crippen LogP contribution in [0.4, 0.5) is 0 Å². The minimum atomic E-state index is 0.395. The number of pyridine rings is 1. The predicted octanol–water partition coefficient (Wildman–Crippen LogP) is 2.99. The van der Waals surface area contributed by atoms with Crippen LogP contribution in [-0.4, -0.2) is 4.98 Å². The Hall–Kier alpha value is -1.19. The molecule has 0 saturated carbocycles. The second-order valence-electron chi connectivity index (χ2n) is 3.44. The molecule has 2 heterocycles. The third-order valence-corrected chi connectivity index (χ3v) is 3.34. The Balaban J connectivity index is 1.89. The number of nitrogens with zero attached hydrogens (tertiary/aromatic N) is 1. The highest BCUT2D eigenvalue weighted by Gasteiger charge is 2.05. The van der Waals surface area contributed by atoms with Crippen molar-refractivity contribution >= 4 is 11.3 Å². The van der Waals surface area contributed by atoms with Gasteiger partial charge in [0.2, 0.25) is 0 Å². The summed E-state index contributed by atoms with van der Waals surface area (Å²) in [4.78, 5) is 5.64. The van der Waals surface area contributed by atoms with E-state index in [1.807, 2.05) is 24.4 Å². The molecule has 1 N–H and O–H groups in total. The topological polar surface area (TPSA) is 24.9 Å². The second kappa shape index (κ2) is 5.05. The lowest BCUT2D eigenvalue weighted by Crippen LogP contribution is -2.17. The van der Waals surface area contributed by atoms with Crippen molar-refractivity contribution in [1.82, 2.24) is 10.3 Å². The first-order chi connectivity index (χ1) is 7.36. The summed E-state index contributed by atoms with van der Waals surface area (Å²) >= 11 is 1.78. The Bertz CT molecular complexity index is 383. The van der Waals surface area contributed by atoms with E-state index in [0.717, 1.165) is 12.2 Å². The van der Waals surface area contributed by atoms with E-state index in [0.29, 0.717) is 6.04 Å². The van der Waals surface area contributed by atoms with Gasteiger partial charge in [-0.25, -0.2) is 0 Å². The molecule has 0 aliphatic rings. The number of hydrogen-bond donors (Lipinski definition) is 1. The summed E-state index contributed by atoms with van der Waals surface area (Å²) in [6.45, 7) is 2.99. The minimum Gasteiger partial charge on any atom is -0.304 e. The van der Waals surface area contributed by atoms with Gasteiger partial charge in [0.1, 0.15) is 0 Å². The predicted molar refractivity (Wildman–Crippen MR) is 63.8 cm³/mol. The van der Waals surface area contributed by atoms with Crippen LogP contribution in [0.2, 0.25) is 0 Å². The summed E-state index contributed by atoms with van der Waals surface area (Å²) in [5, 5.41) is 5.55. The third-order valence-electron chi connectivity index (χ3n) is 2.29. The molecule has 0 spiro atoms. The summed E-state index contributed by atoms with van der Waals surface area (Å²) in [6.07, 6.45) is 1.83. The average molecular weight is 218 g/mol. The molecular weight excluding hydrogens is 204 g/mol. The van der Waals surface area contributed by atoms with Gasteiger partial charge in [-0.15, -0.1) is 11.3 Å². The van der Waals surface area contributed by atoms with Crippen LogP contribution >= 0.6 is 11.3 Å². The molecule has 2 nitrogen and oxygen atoms in total. The maximum Gasteiger partial charge on any atom is 0.0541 e. The highest BCUT2D eigenvalue weighted by molar-refractivity contribution is 7.10. The zero-order chi connectivity index (χ0) is 10.5. The van der Waals surface area contributed by atoms with E-state index in [-0.39, 0.29) is 0 Å². The van der Waals surface area contributed by atoms with Gasteiger partial charge in [0, 0.05) is 23.7 Å². The summed E-state index contributed by atoms with van der Waals surface area (Å²) in [5.41, 5.74) is 1.08. The largest absolute Gasteiger partial charge is 0.304 e. The van der Waals surface area contributed by atoms with E-state index in [1.165, 1.54) is 4.88 Å². The lowest BCUT2D eigenvalue weighted by atomic mass is 10.2. The highest BCUT2D eigenvalue weighted by atomic mass is 32.1. The fraction of sp³-hybridized carbons (Fsp3) is 0.250. The van der Waals surface area contributed by atoms with E-state index < -0.39 is 0 Å². The molecule has 0 fully saturated rings. The number of aromatic nitrogens is 1. The van der Waals surface area contributed by atoms with Gasteiger partial charge in [0.25, 0.3) is 0 Å². The van der Waals surface area contributed by atoms with Crippen LogP contribution in [0.3, 0.4) is 0 Å². The van der Waals surface area contributed by atoms with Gasteiger partial charge in [-0.1, -0.05) is 12.1 Å². The van der Waals surface area contributed by atoms with Gasteiger partial charge in [-0.2, -0.15) is 0 Å². The molecule has 1 atom stereocenters. The lowest BCUT2D eigenvalue weighted by molar-refractivity contribution is 0.575. The van der Waals surface area contributed by atoms with Gasteiger partial charge in [0.05, 0.1) is 5.69 Å². The normalized spacial score (nSPS) is 12.6. The van der Waals surface area contributed by atoms with E-state index >= 15 is 0 Å². The minimum absolute atomic E-state index is 0.395. The van der Waals surface area contributed by atoms with Crippen molar-refractivity contribution in [3.8, 4) is 0 Å². The molecule has 78 valence electrons. The van der Waals surface area contributed by atoms with E-state index in [2.05, 4.69) is 34.7 Å². The van der Waals surface area contributed by atoms with Gasteiger partial charge >= 0.3 is 0 Å². The van der Waals surface area contributed by atoms with Crippen molar-refractivity contribution in [2.75, 3.05) is 0 Å². The lowest BCUT2D eigenvalue weighted by Gasteiger charge is -2.11. The van der Waals surface area contributed by atoms with Crippen LogP contribution in [0, 0.1) is 0 Å². The molecule has 0 radical (unpaired) electrons. The molecule has 0 bridgehead atoms. The summed E-state index contributed by atoms with van der Waals surface area (Å²) in [7, 11) is 0. The molecule has 2 rings (SSSR count). The fourth-order valence-corrected chi connectivity index (χ4v) is 2.16. The molecule has 0 unspecified atom stereocenters. The Morgan fingerprint density at radius 1 is 1.33 bits per heavy atom. The zero-order valence-corrected chi connectivity index (χ0v) is 9.50. The molecule has 2 aromatic rings. The van der Waals surface area contributed by atoms with Gasteiger partial charge < -0.3 is 5.32 Å². The first-order valence-electron chi connectivity index (χ1n) is 5.03. The molecule has 0 aliphatic carbocycles. The molecule has 0 saturated heterocycles. The van der Waals surface area contributed by atoms with E-state index in [4.69, 9.17) is 0 Å². The molecule has 2 aromatic heterocycles. The average Bonchev–Trinajstić information content (AvgIpc) is 2.81. The first kappa shape index (κ1) is 10.3. The molecule has 0 aliphatic heterocycles. The van der Waals surface area contributed by atoms with Crippen LogP contribution in [0.25, 0.3) is 0 Å². The standard InChI is InChI=1S/C12H14N2S/c1-10(12-6-4-8-15-12)14-9-11-5-2-3-7-13-11/h2-8,10,14H,9H2,1H3/t10-/m1/s1. The zero-order valence-electron chi connectivity index (χ0n) is 8.68. The molecule has 3 heteroatoms. The maximum absolute atomic E-state index is 4.27. The van der Waals surface area contributed by atoms with E-state index in [1.54, 1.807) is 11.3 Å². The third kappa shape index (κ3) is 2.88. The van der Waals surface area contributed by atoms with Crippen LogP contribution in [0.5, 0.6) is 0 Å². The number of thiophene rings is 1. The number of rotatable bonds is 4. The van der Waals surface area contributed by atoms with Crippen LogP contribution in [0.1, 0.15) is 23.5 Å². The summed E-state index contributed by atoms with van der Waals surface area (Å²) in [6, 6.07) is 10.6. The Kier molecular flexibility index (Phi) is 3.48. The van der Waals surface area contributed by atoms with Crippen LogP contribution < -0.4 is 5.32 Å². The Labute approximate surface area is 94.0 Å². The van der Waals surface area contributed by atoms with E-state index in [9.17, 15) is 0 Å². The molecular formula is C12H14N2S. The first-order valence-corrected chi connectivity index (χ1v) is 5.91. The highest BCUT2D eigenvalue weighted by Crippen LogP contribution is 2.18. The van der Waals surface area contributed by atoms with Gasteiger partial charge in [-0.05, 0) is 30.5 Å².